The van der Waals surface area contributed by atoms with Crippen molar-refractivity contribution in [1.82, 2.24) is 9.21 Å². The number of benzene rings is 1. The predicted molar refractivity (Wildman–Crippen MR) is 102 cm³/mol. The van der Waals surface area contributed by atoms with Crippen LogP contribution in [0.2, 0.25) is 0 Å². The fraction of sp³-hybridized carbons (Fsp3) is 0.650. The molecule has 2 heterocycles. The first-order valence-electron chi connectivity index (χ1n) is 9.72. The molecule has 2 aliphatic heterocycles. The minimum atomic E-state index is -3.46. The Labute approximate surface area is 157 Å². The van der Waals surface area contributed by atoms with Crippen molar-refractivity contribution in [1.29, 1.82) is 0 Å². The Morgan fingerprint density at radius 2 is 1.65 bits per heavy atom. The van der Waals surface area contributed by atoms with Gasteiger partial charge in [0.2, 0.25) is 10.0 Å². The molecular formula is C20H30N2O3S. The summed E-state index contributed by atoms with van der Waals surface area (Å²) in [5.41, 5.74) is 0.573. The number of likely N-dealkylation sites (tertiary alicyclic amines) is 1. The number of piperidine rings is 1. The molecule has 0 radical (unpaired) electrons. The van der Waals surface area contributed by atoms with E-state index in [0.29, 0.717) is 30.5 Å². The largest absolute Gasteiger partial charge is 0.335 e. The standard InChI is InChI=1S/C20H30N2O3S/c1-15(2)19-5-4-12-22(19)20(23)17-6-8-18(9-7-17)26(24,25)21-13-10-16(3)11-14-21/h6-9,15-16,19H,4-5,10-14H2,1-3H3. The molecule has 2 fully saturated rings. The predicted octanol–water partition coefficient (Wildman–Crippen LogP) is 3.37. The summed E-state index contributed by atoms with van der Waals surface area (Å²) in [6, 6.07) is 6.78. The van der Waals surface area contributed by atoms with E-state index in [1.165, 1.54) is 0 Å². The van der Waals surface area contributed by atoms with Crippen LogP contribution in [0.3, 0.4) is 0 Å². The van der Waals surface area contributed by atoms with Crippen LogP contribution in [-0.4, -0.2) is 49.2 Å². The second-order valence-electron chi connectivity index (χ2n) is 8.06. The molecule has 0 aromatic heterocycles. The van der Waals surface area contributed by atoms with Gasteiger partial charge in [0.1, 0.15) is 0 Å². The Bertz CT molecular complexity index is 735. The molecule has 1 amide bonds. The Morgan fingerprint density at radius 3 is 2.23 bits per heavy atom. The molecule has 0 spiro atoms. The van der Waals surface area contributed by atoms with Crippen molar-refractivity contribution in [3.05, 3.63) is 29.8 Å². The normalized spacial score (nSPS) is 22.9. The average Bonchev–Trinajstić information content (AvgIpc) is 3.11. The molecule has 0 bridgehead atoms. The third kappa shape index (κ3) is 3.81. The zero-order valence-electron chi connectivity index (χ0n) is 16.0. The summed E-state index contributed by atoms with van der Waals surface area (Å²) in [5, 5.41) is 0. The molecule has 0 N–H and O–H groups in total. The van der Waals surface area contributed by atoms with Crippen molar-refractivity contribution in [2.45, 2.75) is 57.4 Å². The highest BCUT2D eigenvalue weighted by atomic mass is 32.2. The van der Waals surface area contributed by atoms with E-state index in [2.05, 4.69) is 20.8 Å². The van der Waals surface area contributed by atoms with Gasteiger partial charge in [-0.1, -0.05) is 20.8 Å². The highest BCUT2D eigenvalue weighted by molar-refractivity contribution is 7.89. The summed E-state index contributed by atoms with van der Waals surface area (Å²) in [5.74, 6) is 1.02. The number of hydrogen-bond acceptors (Lipinski definition) is 3. The van der Waals surface area contributed by atoms with E-state index in [-0.39, 0.29) is 16.8 Å². The molecule has 144 valence electrons. The van der Waals surface area contributed by atoms with Crippen molar-refractivity contribution in [2.75, 3.05) is 19.6 Å². The van der Waals surface area contributed by atoms with Gasteiger partial charge < -0.3 is 4.90 Å². The fourth-order valence-corrected chi connectivity index (χ4v) is 5.52. The van der Waals surface area contributed by atoms with Gasteiger partial charge in [0.15, 0.2) is 0 Å². The number of carbonyl (C=O) groups excluding carboxylic acids is 1. The van der Waals surface area contributed by atoms with E-state index < -0.39 is 10.0 Å². The molecule has 0 saturated carbocycles. The first kappa shape index (κ1) is 19.4. The molecule has 1 aromatic carbocycles. The Balaban J connectivity index is 1.75. The molecule has 26 heavy (non-hydrogen) atoms. The van der Waals surface area contributed by atoms with E-state index in [9.17, 15) is 13.2 Å². The lowest BCUT2D eigenvalue weighted by Gasteiger charge is -2.29. The van der Waals surface area contributed by atoms with Crippen molar-refractivity contribution >= 4 is 15.9 Å². The SMILES string of the molecule is CC1CCN(S(=O)(=O)c2ccc(C(=O)N3CCCC3C(C)C)cc2)CC1. The Kier molecular flexibility index (Phi) is 5.72. The summed E-state index contributed by atoms with van der Waals surface area (Å²) in [4.78, 5) is 15.1. The van der Waals surface area contributed by atoms with Crippen LogP contribution in [0.1, 0.15) is 56.8 Å². The van der Waals surface area contributed by atoms with Crippen molar-refractivity contribution in [2.24, 2.45) is 11.8 Å². The second kappa shape index (κ2) is 7.69. The number of rotatable bonds is 4. The summed E-state index contributed by atoms with van der Waals surface area (Å²) in [7, 11) is -3.46. The van der Waals surface area contributed by atoms with Gasteiger partial charge in [-0.15, -0.1) is 0 Å². The van der Waals surface area contributed by atoms with Crippen molar-refractivity contribution < 1.29 is 13.2 Å². The first-order chi connectivity index (χ1) is 12.3. The van der Waals surface area contributed by atoms with Crippen LogP contribution in [0.4, 0.5) is 0 Å². The molecule has 6 heteroatoms. The maximum absolute atomic E-state index is 12.8. The van der Waals surface area contributed by atoms with Gasteiger partial charge in [-0.05, 0) is 61.8 Å². The fourth-order valence-electron chi connectivity index (χ4n) is 4.05. The lowest BCUT2D eigenvalue weighted by molar-refractivity contribution is 0.0701. The Hall–Kier alpha value is -1.40. The highest BCUT2D eigenvalue weighted by Crippen LogP contribution is 2.27. The van der Waals surface area contributed by atoms with Gasteiger partial charge in [-0.2, -0.15) is 4.31 Å². The van der Waals surface area contributed by atoms with Crippen LogP contribution in [0.5, 0.6) is 0 Å². The molecule has 2 saturated heterocycles. The maximum atomic E-state index is 12.8. The lowest BCUT2D eigenvalue weighted by Crippen LogP contribution is -2.39. The monoisotopic (exact) mass is 378 g/mol. The summed E-state index contributed by atoms with van der Waals surface area (Å²) >= 11 is 0. The summed E-state index contributed by atoms with van der Waals surface area (Å²) in [6.07, 6.45) is 3.89. The van der Waals surface area contributed by atoms with Crippen LogP contribution < -0.4 is 0 Å². The molecule has 3 rings (SSSR count). The second-order valence-corrected chi connectivity index (χ2v) is 10.0. The van der Waals surface area contributed by atoms with Crippen LogP contribution >= 0.6 is 0 Å². The van der Waals surface area contributed by atoms with Crippen LogP contribution in [0.25, 0.3) is 0 Å². The zero-order chi connectivity index (χ0) is 18.9. The third-order valence-corrected chi connectivity index (χ3v) is 7.72. The van der Waals surface area contributed by atoms with Gasteiger partial charge in [0, 0.05) is 31.2 Å². The highest BCUT2D eigenvalue weighted by Gasteiger charge is 2.32. The molecule has 1 atom stereocenters. The number of hydrogen-bond donors (Lipinski definition) is 0. The molecule has 5 nitrogen and oxygen atoms in total. The summed E-state index contributed by atoms with van der Waals surface area (Å²) in [6.45, 7) is 8.39. The van der Waals surface area contributed by atoms with Gasteiger partial charge in [-0.25, -0.2) is 8.42 Å². The first-order valence-corrected chi connectivity index (χ1v) is 11.2. The average molecular weight is 379 g/mol. The van der Waals surface area contributed by atoms with Crippen LogP contribution in [-0.2, 0) is 10.0 Å². The topological polar surface area (TPSA) is 57.7 Å². The minimum absolute atomic E-state index is 0.0111. The smallest absolute Gasteiger partial charge is 0.254 e. The van der Waals surface area contributed by atoms with Crippen molar-refractivity contribution in [3.8, 4) is 0 Å². The van der Waals surface area contributed by atoms with Gasteiger partial charge in [0.05, 0.1) is 4.90 Å². The lowest BCUT2D eigenvalue weighted by atomic mass is 10.0. The van der Waals surface area contributed by atoms with E-state index in [0.717, 1.165) is 32.2 Å². The third-order valence-electron chi connectivity index (χ3n) is 5.81. The number of nitrogens with zero attached hydrogens (tertiary/aromatic N) is 2. The zero-order valence-corrected chi connectivity index (χ0v) is 16.8. The van der Waals surface area contributed by atoms with Gasteiger partial charge in [-0.3, -0.25) is 4.79 Å². The molecule has 2 aliphatic rings. The molecule has 1 aromatic rings. The summed E-state index contributed by atoms with van der Waals surface area (Å²) < 4.78 is 27.2. The van der Waals surface area contributed by atoms with E-state index >= 15 is 0 Å². The van der Waals surface area contributed by atoms with Crippen LogP contribution in [0.15, 0.2) is 29.2 Å². The molecular weight excluding hydrogens is 348 g/mol. The number of sulfonamides is 1. The van der Waals surface area contributed by atoms with E-state index in [1.54, 1.807) is 28.6 Å². The molecule has 1 unspecified atom stereocenters. The molecule has 0 aliphatic carbocycles. The van der Waals surface area contributed by atoms with Gasteiger partial charge in [0.25, 0.3) is 5.91 Å². The number of carbonyl (C=O) groups is 1. The van der Waals surface area contributed by atoms with Crippen molar-refractivity contribution in [3.63, 3.8) is 0 Å². The Morgan fingerprint density at radius 1 is 1.04 bits per heavy atom. The van der Waals surface area contributed by atoms with E-state index in [4.69, 9.17) is 0 Å². The maximum Gasteiger partial charge on any atom is 0.254 e. The van der Waals surface area contributed by atoms with Gasteiger partial charge >= 0.3 is 0 Å². The quantitative estimate of drug-likeness (QED) is 0.807. The number of amides is 1. The van der Waals surface area contributed by atoms with E-state index in [1.807, 2.05) is 4.90 Å². The van der Waals surface area contributed by atoms with Crippen LogP contribution in [0, 0.1) is 11.8 Å². The minimum Gasteiger partial charge on any atom is -0.335 e.